The Bertz CT molecular complexity index is 538. The van der Waals surface area contributed by atoms with Crippen LogP contribution in [0.2, 0.25) is 0 Å². The average molecular weight is 259 g/mol. The first kappa shape index (κ1) is 13.5. The van der Waals surface area contributed by atoms with Crippen molar-refractivity contribution in [2.75, 3.05) is 11.9 Å². The molecule has 0 amide bonds. The minimum Gasteiger partial charge on any atom is -0.370 e. The van der Waals surface area contributed by atoms with Gasteiger partial charge in [-0.1, -0.05) is 19.1 Å². The number of nitrogens with zero attached hydrogens (tertiary/aromatic N) is 2. The van der Waals surface area contributed by atoms with E-state index in [9.17, 15) is 4.39 Å². The van der Waals surface area contributed by atoms with E-state index in [0.717, 1.165) is 42.3 Å². The van der Waals surface area contributed by atoms with Crippen molar-refractivity contribution < 1.29 is 4.39 Å². The van der Waals surface area contributed by atoms with Crippen molar-refractivity contribution in [2.45, 2.75) is 26.7 Å². The van der Waals surface area contributed by atoms with Crippen LogP contribution in [0.4, 0.5) is 10.2 Å². The second kappa shape index (κ2) is 6.27. The van der Waals surface area contributed by atoms with Crippen molar-refractivity contribution in [3.05, 3.63) is 53.2 Å². The number of hydrogen-bond donors (Lipinski definition) is 1. The lowest BCUT2D eigenvalue weighted by Gasteiger charge is -2.08. The molecule has 4 heteroatoms. The Balaban J connectivity index is 1.92. The van der Waals surface area contributed by atoms with E-state index < -0.39 is 0 Å². The number of aryl methyl sites for hydroxylation is 2. The summed E-state index contributed by atoms with van der Waals surface area (Å²) in [6.07, 6.45) is 1.74. The number of nitrogens with one attached hydrogen (secondary N) is 1. The van der Waals surface area contributed by atoms with Crippen molar-refractivity contribution in [3.8, 4) is 0 Å². The van der Waals surface area contributed by atoms with Crippen molar-refractivity contribution in [1.82, 2.24) is 9.97 Å². The lowest BCUT2D eigenvalue weighted by molar-refractivity contribution is 0.627. The Kier molecular flexibility index (Phi) is 4.44. The van der Waals surface area contributed by atoms with E-state index in [1.165, 1.54) is 12.1 Å². The van der Waals surface area contributed by atoms with E-state index in [2.05, 4.69) is 22.2 Å². The van der Waals surface area contributed by atoms with Crippen LogP contribution in [0.25, 0.3) is 0 Å². The highest BCUT2D eigenvalue weighted by Gasteiger charge is 2.00. The second-order valence-corrected chi connectivity index (χ2v) is 4.45. The first-order valence-corrected chi connectivity index (χ1v) is 6.50. The van der Waals surface area contributed by atoms with Gasteiger partial charge in [0.15, 0.2) is 0 Å². The Hall–Kier alpha value is -1.97. The molecule has 100 valence electrons. The molecule has 0 fully saturated rings. The summed E-state index contributed by atoms with van der Waals surface area (Å²) in [6, 6.07) is 8.55. The van der Waals surface area contributed by atoms with Crippen LogP contribution in [-0.2, 0) is 12.8 Å². The number of anilines is 1. The van der Waals surface area contributed by atoms with E-state index in [0.29, 0.717) is 0 Å². The molecule has 0 bridgehead atoms. The van der Waals surface area contributed by atoms with Crippen molar-refractivity contribution in [1.29, 1.82) is 0 Å². The average Bonchev–Trinajstić information content (AvgIpc) is 2.40. The SMILES string of the molecule is CCc1cc(NCCc2ccc(F)cc2)nc(C)n1. The summed E-state index contributed by atoms with van der Waals surface area (Å²) < 4.78 is 12.8. The van der Waals surface area contributed by atoms with Crippen molar-refractivity contribution >= 4 is 5.82 Å². The van der Waals surface area contributed by atoms with Crippen LogP contribution >= 0.6 is 0 Å². The monoisotopic (exact) mass is 259 g/mol. The highest BCUT2D eigenvalue weighted by molar-refractivity contribution is 5.36. The highest BCUT2D eigenvalue weighted by Crippen LogP contribution is 2.08. The zero-order chi connectivity index (χ0) is 13.7. The second-order valence-electron chi connectivity index (χ2n) is 4.45. The summed E-state index contributed by atoms with van der Waals surface area (Å²) in [7, 11) is 0. The van der Waals surface area contributed by atoms with Gasteiger partial charge in [0, 0.05) is 18.3 Å². The highest BCUT2D eigenvalue weighted by atomic mass is 19.1. The fourth-order valence-corrected chi connectivity index (χ4v) is 1.89. The minimum atomic E-state index is -0.198. The normalized spacial score (nSPS) is 10.5. The molecule has 0 aliphatic carbocycles. The number of rotatable bonds is 5. The molecule has 0 atom stereocenters. The van der Waals surface area contributed by atoms with Gasteiger partial charge in [-0.3, -0.25) is 0 Å². The molecule has 0 spiro atoms. The van der Waals surface area contributed by atoms with Gasteiger partial charge in [-0.05, 0) is 37.5 Å². The minimum absolute atomic E-state index is 0.198. The number of halogens is 1. The van der Waals surface area contributed by atoms with E-state index in [-0.39, 0.29) is 5.82 Å². The van der Waals surface area contributed by atoms with Crippen LogP contribution in [0.15, 0.2) is 30.3 Å². The summed E-state index contributed by atoms with van der Waals surface area (Å²) in [5.74, 6) is 1.44. The van der Waals surface area contributed by atoms with Gasteiger partial charge in [-0.2, -0.15) is 0 Å². The van der Waals surface area contributed by atoms with Crippen molar-refractivity contribution in [2.24, 2.45) is 0 Å². The maximum absolute atomic E-state index is 12.8. The third kappa shape index (κ3) is 4.02. The fourth-order valence-electron chi connectivity index (χ4n) is 1.89. The van der Waals surface area contributed by atoms with Gasteiger partial charge in [0.2, 0.25) is 0 Å². The summed E-state index contributed by atoms with van der Waals surface area (Å²) in [4.78, 5) is 8.68. The molecule has 3 nitrogen and oxygen atoms in total. The molecular weight excluding hydrogens is 241 g/mol. The Morgan fingerprint density at radius 3 is 2.58 bits per heavy atom. The number of hydrogen-bond acceptors (Lipinski definition) is 3. The van der Waals surface area contributed by atoms with Gasteiger partial charge in [0.05, 0.1) is 0 Å². The molecule has 0 radical (unpaired) electrons. The lowest BCUT2D eigenvalue weighted by Crippen LogP contribution is -2.08. The molecule has 1 N–H and O–H groups in total. The van der Waals surface area contributed by atoms with E-state index >= 15 is 0 Å². The molecule has 2 rings (SSSR count). The summed E-state index contributed by atoms with van der Waals surface area (Å²) in [5, 5.41) is 3.28. The fraction of sp³-hybridized carbons (Fsp3) is 0.333. The van der Waals surface area contributed by atoms with Crippen LogP contribution in [0.5, 0.6) is 0 Å². The van der Waals surface area contributed by atoms with Gasteiger partial charge in [0.1, 0.15) is 17.5 Å². The van der Waals surface area contributed by atoms with Crippen LogP contribution in [0, 0.1) is 12.7 Å². The molecule has 0 saturated carbocycles. The zero-order valence-corrected chi connectivity index (χ0v) is 11.3. The predicted octanol–water partition coefficient (Wildman–Crippen LogP) is 3.14. The molecular formula is C15H18FN3. The van der Waals surface area contributed by atoms with Gasteiger partial charge in [-0.25, -0.2) is 14.4 Å². The van der Waals surface area contributed by atoms with Crippen LogP contribution in [-0.4, -0.2) is 16.5 Å². The van der Waals surface area contributed by atoms with Crippen LogP contribution in [0.1, 0.15) is 24.0 Å². The van der Waals surface area contributed by atoms with Gasteiger partial charge in [-0.15, -0.1) is 0 Å². The number of aromatic nitrogens is 2. The largest absolute Gasteiger partial charge is 0.370 e. The summed E-state index contributed by atoms with van der Waals surface area (Å²) >= 11 is 0. The van der Waals surface area contributed by atoms with Crippen LogP contribution < -0.4 is 5.32 Å². The maximum atomic E-state index is 12.8. The molecule has 1 aromatic carbocycles. The third-order valence-corrected chi connectivity index (χ3v) is 2.89. The van der Waals surface area contributed by atoms with Gasteiger partial charge in [0.25, 0.3) is 0 Å². The van der Waals surface area contributed by atoms with Gasteiger partial charge < -0.3 is 5.32 Å². The van der Waals surface area contributed by atoms with E-state index in [1.54, 1.807) is 12.1 Å². The standard InChI is InChI=1S/C15H18FN3/c1-3-14-10-15(19-11(2)18-14)17-9-8-12-4-6-13(16)7-5-12/h4-7,10H,3,8-9H2,1-2H3,(H,17,18,19). The topological polar surface area (TPSA) is 37.8 Å². The summed E-state index contributed by atoms with van der Waals surface area (Å²) in [6.45, 7) is 4.74. The third-order valence-electron chi connectivity index (χ3n) is 2.89. The first-order chi connectivity index (χ1) is 9.17. The Labute approximate surface area is 112 Å². The van der Waals surface area contributed by atoms with Crippen molar-refractivity contribution in [3.63, 3.8) is 0 Å². The zero-order valence-electron chi connectivity index (χ0n) is 11.3. The molecule has 0 aliphatic rings. The maximum Gasteiger partial charge on any atom is 0.129 e. The quantitative estimate of drug-likeness (QED) is 0.896. The Morgan fingerprint density at radius 2 is 1.89 bits per heavy atom. The molecule has 2 aromatic rings. The molecule has 0 unspecified atom stereocenters. The van der Waals surface area contributed by atoms with Gasteiger partial charge >= 0.3 is 0 Å². The number of benzene rings is 1. The molecule has 0 saturated heterocycles. The first-order valence-electron chi connectivity index (χ1n) is 6.50. The van der Waals surface area contributed by atoms with E-state index in [4.69, 9.17) is 0 Å². The smallest absolute Gasteiger partial charge is 0.129 e. The summed E-state index contributed by atoms with van der Waals surface area (Å²) in [5.41, 5.74) is 2.15. The molecule has 1 aromatic heterocycles. The molecule has 19 heavy (non-hydrogen) atoms. The Morgan fingerprint density at radius 1 is 1.16 bits per heavy atom. The van der Waals surface area contributed by atoms with Crippen LogP contribution in [0.3, 0.4) is 0 Å². The lowest BCUT2D eigenvalue weighted by atomic mass is 10.1. The molecule has 1 heterocycles. The van der Waals surface area contributed by atoms with E-state index in [1.807, 2.05) is 13.0 Å². The molecule has 0 aliphatic heterocycles. The predicted molar refractivity (Wildman–Crippen MR) is 74.7 cm³/mol.